The van der Waals surface area contributed by atoms with Gasteiger partial charge in [-0.3, -0.25) is 14.5 Å². The van der Waals surface area contributed by atoms with Gasteiger partial charge in [-0.1, -0.05) is 47.2 Å². The van der Waals surface area contributed by atoms with Crippen LogP contribution in [0.15, 0.2) is 48.5 Å². The first-order valence-corrected chi connectivity index (χ1v) is 13.8. The van der Waals surface area contributed by atoms with Crippen LogP contribution in [-0.2, 0) is 33.7 Å². The molecule has 0 saturated carbocycles. The number of halogens is 1. The summed E-state index contributed by atoms with van der Waals surface area (Å²) in [7, 11) is 0. The van der Waals surface area contributed by atoms with Crippen molar-refractivity contribution in [1.82, 2.24) is 15.1 Å². The second-order valence-electron chi connectivity index (χ2n) is 9.43. The number of nitrogens with one attached hydrogen (secondary N) is 1. The number of nitrogens with zero attached hydrogens (tertiary/aromatic N) is 4. The van der Waals surface area contributed by atoms with Crippen LogP contribution in [-0.4, -0.2) is 59.8 Å². The molecule has 0 aliphatic carbocycles. The number of hydrogen-bond acceptors (Lipinski definition) is 7. The Labute approximate surface area is 225 Å². The molecular formula is C27H30ClN5O3S. The van der Waals surface area contributed by atoms with Gasteiger partial charge in [-0.05, 0) is 48.2 Å². The Kier molecular flexibility index (Phi) is 8.45. The number of anilines is 2. The fourth-order valence-electron chi connectivity index (χ4n) is 4.64. The van der Waals surface area contributed by atoms with Crippen LogP contribution < -0.4 is 10.2 Å². The first kappa shape index (κ1) is 25.8. The first-order valence-electron chi connectivity index (χ1n) is 12.6. The van der Waals surface area contributed by atoms with Crippen LogP contribution >= 0.6 is 22.9 Å². The molecule has 1 aromatic heterocycles. The van der Waals surface area contributed by atoms with Crippen LogP contribution in [0, 0.1) is 5.92 Å². The fraction of sp³-hybridized carbons (Fsp3) is 0.407. The maximum Gasteiger partial charge on any atom is 0.231 e. The monoisotopic (exact) mass is 539 g/mol. The molecule has 3 aromatic rings. The van der Waals surface area contributed by atoms with Crippen molar-refractivity contribution in [3.63, 3.8) is 0 Å². The van der Waals surface area contributed by atoms with Crippen LogP contribution in [0.4, 0.5) is 10.8 Å². The number of aryl methyl sites for hydroxylation is 2. The Morgan fingerprint density at radius 3 is 2.62 bits per heavy atom. The maximum absolute atomic E-state index is 12.9. The molecule has 5 rings (SSSR count). The Bertz CT molecular complexity index is 1210. The summed E-state index contributed by atoms with van der Waals surface area (Å²) < 4.78 is 5.53. The van der Waals surface area contributed by atoms with Gasteiger partial charge in [0.15, 0.2) is 0 Å². The molecule has 8 nitrogen and oxygen atoms in total. The van der Waals surface area contributed by atoms with Gasteiger partial charge in [-0.2, -0.15) is 0 Å². The highest BCUT2D eigenvalue weighted by molar-refractivity contribution is 7.15. The van der Waals surface area contributed by atoms with Crippen molar-refractivity contribution in [2.24, 2.45) is 5.92 Å². The van der Waals surface area contributed by atoms with E-state index in [0.29, 0.717) is 16.7 Å². The number of hydrogen-bond donors (Lipinski definition) is 1. The molecule has 2 aliphatic heterocycles. The van der Waals surface area contributed by atoms with Crippen LogP contribution in [0.2, 0.25) is 5.02 Å². The summed E-state index contributed by atoms with van der Waals surface area (Å²) >= 11 is 7.31. The molecule has 1 N–H and O–H groups in total. The number of aromatic nitrogens is 2. The van der Waals surface area contributed by atoms with Gasteiger partial charge in [0.1, 0.15) is 5.01 Å². The van der Waals surface area contributed by atoms with Gasteiger partial charge in [0.25, 0.3) is 0 Å². The third kappa shape index (κ3) is 6.93. The van der Waals surface area contributed by atoms with E-state index in [1.807, 2.05) is 36.4 Å². The summed E-state index contributed by atoms with van der Waals surface area (Å²) in [4.78, 5) is 29.7. The molecule has 37 heavy (non-hydrogen) atoms. The number of carbonyl (C=O) groups is 2. The van der Waals surface area contributed by atoms with Gasteiger partial charge in [-0.15, -0.1) is 10.2 Å². The molecule has 10 heteroatoms. The Morgan fingerprint density at radius 2 is 1.81 bits per heavy atom. The van der Waals surface area contributed by atoms with Gasteiger partial charge in [0.2, 0.25) is 16.9 Å². The average molecular weight is 540 g/mol. The summed E-state index contributed by atoms with van der Waals surface area (Å²) in [5, 5.41) is 13.2. The van der Waals surface area contributed by atoms with E-state index in [4.69, 9.17) is 16.3 Å². The molecule has 2 aromatic carbocycles. The van der Waals surface area contributed by atoms with E-state index in [1.54, 1.807) is 4.90 Å². The molecule has 0 radical (unpaired) electrons. The highest BCUT2D eigenvalue weighted by Gasteiger charge is 2.35. The number of carbonyl (C=O) groups excluding carboxylic acids is 2. The molecular weight excluding hydrogens is 510 g/mol. The van der Waals surface area contributed by atoms with Gasteiger partial charge in [0, 0.05) is 56.3 Å². The lowest BCUT2D eigenvalue weighted by Gasteiger charge is -2.20. The fourth-order valence-corrected chi connectivity index (χ4v) is 5.51. The molecule has 2 fully saturated rings. The SMILES string of the molecule is O=C(Nc1nnc(CCc2ccc(Cl)cc2)s1)[C@H]1CC(=O)N(c2ccc(CN3CCCOCC3)cc2)C1. The third-order valence-electron chi connectivity index (χ3n) is 6.70. The minimum Gasteiger partial charge on any atom is -0.380 e. The predicted octanol–water partition coefficient (Wildman–Crippen LogP) is 4.19. The summed E-state index contributed by atoms with van der Waals surface area (Å²) in [6, 6.07) is 15.8. The van der Waals surface area contributed by atoms with E-state index >= 15 is 0 Å². The lowest BCUT2D eigenvalue weighted by molar-refractivity contribution is -0.122. The Balaban J connectivity index is 1.12. The maximum atomic E-state index is 12.9. The van der Waals surface area contributed by atoms with Crippen molar-refractivity contribution >= 4 is 45.6 Å². The molecule has 2 amide bonds. The lowest BCUT2D eigenvalue weighted by atomic mass is 10.1. The standard InChI is InChI=1S/C27H30ClN5O3S/c28-22-7-2-19(3-8-22)6-11-24-30-31-27(37-24)29-26(35)21-16-25(34)33(18-21)23-9-4-20(5-10-23)17-32-12-1-14-36-15-13-32/h2-5,7-10,21H,1,6,11-18H2,(H,29,31,35)/t21-/m0/s1. The van der Waals surface area contributed by atoms with Crippen molar-refractivity contribution in [2.75, 3.05) is 43.1 Å². The molecule has 0 spiro atoms. The zero-order valence-corrected chi connectivity index (χ0v) is 22.1. The minimum absolute atomic E-state index is 0.0431. The lowest BCUT2D eigenvalue weighted by Crippen LogP contribution is -2.28. The number of rotatable bonds is 8. The van der Waals surface area contributed by atoms with E-state index in [1.165, 1.54) is 22.5 Å². The number of amides is 2. The molecule has 0 bridgehead atoms. The smallest absolute Gasteiger partial charge is 0.231 e. The van der Waals surface area contributed by atoms with Crippen molar-refractivity contribution in [3.8, 4) is 0 Å². The highest BCUT2D eigenvalue weighted by atomic mass is 35.5. The number of benzene rings is 2. The first-order chi connectivity index (χ1) is 18.0. The van der Waals surface area contributed by atoms with Crippen LogP contribution in [0.1, 0.15) is 29.0 Å². The average Bonchev–Trinajstić information content (AvgIpc) is 3.43. The van der Waals surface area contributed by atoms with Crippen molar-refractivity contribution in [2.45, 2.75) is 32.2 Å². The normalized spacial score (nSPS) is 18.7. The van der Waals surface area contributed by atoms with E-state index in [9.17, 15) is 9.59 Å². The summed E-state index contributed by atoms with van der Waals surface area (Å²) in [5.41, 5.74) is 3.19. The zero-order valence-electron chi connectivity index (χ0n) is 20.6. The van der Waals surface area contributed by atoms with Gasteiger partial charge < -0.3 is 15.0 Å². The van der Waals surface area contributed by atoms with Crippen molar-refractivity contribution in [3.05, 3.63) is 69.7 Å². The van der Waals surface area contributed by atoms with Gasteiger partial charge in [0.05, 0.1) is 12.5 Å². The quantitative estimate of drug-likeness (QED) is 0.462. The molecule has 2 saturated heterocycles. The van der Waals surface area contributed by atoms with Crippen LogP contribution in [0.3, 0.4) is 0 Å². The minimum atomic E-state index is -0.425. The second kappa shape index (κ2) is 12.1. The van der Waals surface area contributed by atoms with E-state index in [2.05, 4.69) is 32.5 Å². The predicted molar refractivity (Wildman–Crippen MR) is 145 cm³/mol. The van der Waals surface area contributed by atoms with Crippen molar-refractivity contribution in [1.29, 1.82) is 0 Å². The Hall–Kier alpha value is -2.85. The largest absolute Gasteiger partial charge is 0.380 e. The third-order valence-corrected chi connectivity index (χ3v) is 7.85. The second-order valence-corrected chi connectivity index (χ2v) is 10.9. The summed E-state index contributed by atoms with van der Waals surface area (Å²) in [5.74, 6) is -0.666. The van der Waals surface area contributed by atoms with Crippen LogP contribution in [0.5, 0.6) is 0 Å². The number of ether oxygens (including phenoxy) is 1. The topological polar surface area (TPSA) is 87.7 Å². The van der Waals surface area contributed by atoms with E-state index < -0.39 is 5.92 Å². The van der Waals surface area contributed by atoms with Crippen molar-refractivity contribution < 1.29 is 14.3 Å². The van der Waals surface area contributed by atoms with Gasteiger partial charge in [-0.25, -0.2) is 0 Å². The van der Waals surface area contributed by atoms with E-state index in [-0.39, 0.29) is 18.2 Å². The molecule has 194 valence electrons. The van der Waals surface area contributed by atoms with Crippen LogP contribution in [0.25, 0.3) is 0 Å². The zero-order chi connectivity index (χ0) is 25.6. The molecule has 3 heterocycles. The Morgan fingerprint density at radius 1 is 1.03 bits per heavy atom. The molecule has 0 unspecified atom stereocenters. The van der Waals surface area contributed by atoms with Gasteiger partial charge >= 0.3 is 0 Å². The summed E-state index contributed by atoms with van der Waals surface area (Å²) in [6.07, 6.45) is 2.78. The van der Waals surface area contributed by atoms with E-state index in [0.717, 1.165) is 62.8 Å². The highest BCUT2D eigenvalue weighted by Crippen LogP contribution is 2.27. The molecule has 2 aliphatic rings. The summed E-state index contributed by atoms with van der Waals surface area (Å²) in [6.45, 7) is 4.78. The molecule has 1 atom stereocenters.